The number of hydrogen-bond acceptors (Lipinski definition) is 6. The molecular weight excluding hydrogens is 376 g/mol. The van der Waals surface area contributed by atoms with Crippen LogP contribution in [0.25, 0.3) is 0 Å². The van der Waals surface area contributed by atoms with Crippen molar-refractivity contribution in [3.8, 4) is 0 Å². The first kappa shape index (κ1) is 31.9. The number of nitrogens with zero attached hydrogens (tertiary/aromatic N) is 1. The van der Waals surface area contributed by atoms with E-state index in [1.807, 2.05) is 41.5 Å². The molecule has 0 aromatic carbocycles. The molecule has 1 aliphatic rings. The molecule has 0 spiro atoms. The molecular formula is C21H42N2O6. The van der Waals surface area contributed by atoms with Gasteiger partial charge >= 0.3 is 0 Å². The molecule has 172 valence electrons. The van der Waals surface area contributed by atoms with Gasteiger partial charge in [0.2, 0.25) is 17.7 Å². The highest BCUT2D eigenvalue weighted by atomic mass is 16.5. The fourth-order valence-electron chi connectivity index (χ4n) is 2.08. The van der Waals surface area contributed by atoms with E-state index < -0.39 is 0 Å². The topological polar surface area (TPSA) is 102 Å². The highest BCUT2D eigenvalue weighted by Gasteiger charge is 2.35. The number of likely N-dealkylation sites (tertiary alicyclic amines) is 1. The van der Waals surface area contributed by atoms with Crippen molar-refractivity contribution < 1.29 is 28.7 Å². The van der Waals surface area contributed by atoms with Gasteiger partial charge in [-0.3, -0.25) is 24.1 Å². The lowest BCUT2D eigenvalue weighted by Crippen LogP contribution is -2.35. The quantitative estimate of drug-likeness (QED) is 0.409. The monoisotopic (exact) mass is 418 g/mol. The van der Waals surface area contributed by atoms with Crippen LogP contribution in [0.4, 0.5) is 0 Å². The summed E-state index contributed by atoms with van der Waals surface area (Å²) in [6.07, 6.45) is 0.311. The average Bonchev–Trinajstić information content (AvgIpc) is 2.98. The molecule has 1 N–H and O–H groups in total. The smallest absolute Gasteiger partial charge is 0.232 e. The predicted molar refractivity (Wildman–Crippen MR) is 114 cm³/mol. The number of hydrogen-bond donors (Lipinski definition) is 1. The fraction of sp³-hybridized carbons (Fsp3) is 0.810. The van der Waals surface area contributed by atoms with Crippen LogP contribution in [0, 0.1) is 5.92 Å². The van der Waals surface area contributed by atoms with E-state index in [-0.39, 0.29) is 55.4 Å². The maximum Gasteiger partial charge on any atom is 0.232 e. The summed E-state index contributed by atoms with van der Waals surface area (Å²) in [5.41, 5.74) is 0. The minimum absolute atomic E-state index is 0.0402. The van der Waals surface area contributed by atoms with Gasteiger partial charge in [0.1, 0.15) is 6.61 Å². The summed E-state index contributed by atoms with van der Waals surface area (Å²) >= 11 is 0. The molecule has 1 saturated heterocycles. The Morgan fingerprint density at radius 1 is 1.00 bits per heavy atom. The van der Waals surface area contributed by atoms with E-state index in [9.17, 15) is 19.2 Å². The molecule has 1 fully saturated rings. The van der Waals surface area contributed by atoms with Crippen molar-refractivity contribution >= 4 is 23.5 Å². The van der Waals surface area contributed by atoms with Crippen molar-refractivity contribution in [2.24, 2.45) is 5.92 Å². The number of rotatable bonds is 11. The number of imide groups is 1. The lowest BCUT2D eigenvalue weighted by atomic mass is 10.1. The Morgan fingerprint density at radius 2 is 1.55 bits per heavy atom. The third-order valence-corrected chi connectivity index (χ3v) is 3.28. The SMILES string of the molecule is CC.CC.CC.CC(=O)COCCOCCNC(=O)CCN1C(=O)CC(C)C1=O. The third kappa shape index (κ3) is 16.8. The Bertz CT molecular complexity index is 454. The lowest BCUT2D eigenvalue weighted by molar-refractivity contribution is -0.139. The molecule has 3 amide bonds. The van der Waals surface area contributed by atoms with Gasteiger partial charge in [0.25, 0.3) is 0 Å². The fourth-order valence-corrected chi connectivity index (χ4v) is 2.08. The summed E-state index contributed by atoms with van der Waals surface area (Å²) in [7, 11) is 0. The highest BCUT2D eigenvalue weighted by molar-refractivity contribution is 6.03. The number of carbonyl (C=O) groups is 4. The average molecular weight is 419 g/mol. The van der Waals surface area contributed by atoms with Crippen LogP contribution in [0.15, 0.2) is 0 Å². The van der Waals surface area contributed by atoms with E-state index in [1.165, 1.54) is 6.92 Å². The molecule has 1 atom stereocenters. The van der Waals surface area contributed by atoms with Gasteiger partial charge in [0.15, 0.2) is 5.78 Å². The second-order valence-corrected chi connectivity index (χ2v) is 5.46. The van der Waals surface area contributed by atoms with Gasteiger partial charge in [0.05, 0.1) is 19.8 Å². The first-order valence-corrected chi connectivity index (χ1v) is 10.7. The molecule has 0 saturated carbocycles. The molecule has 0 aromatic rings. The van der Waals surface area contributed by atoms with Gasteiger partial charge in [-0.15, -0.1) is 0 Å². The van der Waals surface area contributed by atoms with Gasteiger partial charge in [-0.1, -0.05) is 48.5 Å². The summed E-state index contributed by atoms with van der Waals surface area (Å²) in [5.74, 6) is -0.992. The Kier molecular flexibility index (Phi) is 24.7. The molecule has 8 nitrogen and oxygen atoms in total. The Labute approximate surface area is 176 Å². The van der Waals surface area contributed by atoms with Crippen molar-refractivity contribution in [2.75, 3.05) is 39.5 Å². The van der Waals surface area contributed by atoms with Crippen LogP contribution in [0.3, 0.4) is 0 Å². The van der Waals surface area contributed by atoms with Gasteiger partial charge in [0, 0.05) is 31.8 Å². The van der Waals surface area contributed by atoms with E-state index in [2.05, 4.69) is 5.32 Å². The Morgan fingerprint density at radius 3 is 2.03 bits per heavy atom. The summed E-state index contributed by atoms with van der Waals surface area (Å²) in [4.78, 5) is 46.6. The van der Waals surface area contributed by atoms with Crippen LogP contribution in [-0.2, 0) is 28.7 Å². The first-order valence-electron chi connectivity index (χ1n) is 10.7. The van der Waals surface area contributed by atoms with Crippen LogP contribution < -0.4 is 5.32 Å². The van der Waals surface area contributed by atoms with E-state index in [4.69, 9.17) is 9.47 Å². The number of ketones is 1. The number of amides is 3. The summed E-state index contributed by atoms with van der Waals surface area (Å²) in [6, 6.07) is 0. The van der Waals surface area contributed by atoms with Crippen LogP contribution in [0.5, 0.6) is 0 Å². The standard InChI is InChI=1S/C15H24N2O6.3C2H6/c1-11-9-14(20)17(15(11)21)5-3-13(19)16-4-6-22-7-8-23-10-12(2)18;3*1-2/h11H,3-10H2,1-2H3,(H,16,19);3*1-2H3. The molecule has 1 unspecified atom stereocenters. The molecule has 1 rings (SSSR count). The van der Waals surface area contributed by atoms with E-state index in [0.29, 0.717) is 26.4 Å². The number of carbonyl (C=O) groups excluding carboxylic acids is 4. The van der Waals surface area contributed by atoms with Crippen LogP contribution in [-0.4, -0.2) is 67.9 Å². The number of ether oxygens (including phenoxy) is 2. The Hall–Kier alpha value is -1.80. The summed E-state index contributed by atoms with van der Waals surface area (Å²) < 4.78 is 10.2. The normalized spacial score (nSPS) is 14.6. The highest BCUT2D eigenvalue weighted by Crippen LogP contribution is 2.18. The molecule has 8 heteroatoms. The third-order valence-electron chi connectivity index (χ3n) is 3.28. The van der Waals surface area contributed by atoms with E-state index in [0.717, 1.165) is 4.90 Å². The molecule has 29 heavy (non-hydrogen) atoms. The maximum atomic E-state index is 11.7. The number of nitrogens with one attached hydrogen (secondary N) is 1. The molecule has 0 aromatic heterocycles. The maximum absolute atomic E-state index is 11.7. The zero-order valence-corrected chi connectivity index (χ0v) is 19.6. The van der Waals surface area contributed by atoms with Gasteiger partial charge in [-0.05, 0) is 6.92 Å². The molecule has 1 heterocycles. The zero-order valence-electron chi connectivity index (χ0n) is 19.6. The minimum Gasteiger partial charge on any atom is -0.377 e. The Balaban J connectivity index is -0.00000103. The zero-order chi connectivity index (χ0) is 23.2. The molecule has 0 bridgehead atoms. The molecule has 1 aliphatic heterocycles. The predicted octanol–water partition coefficient (Wildman–Crippen LogP) is 2.59. The second kappa shape index (κ2) is 22.5. The van der Waals surface area contributed by atoms with Gasteiger partial charge in [-0.25, -0.2) is 0 Å². The van der Waals surface area contributed by atoms with Gasteiger partial charge in [-0.2, -0.15) is 0 Å². The van der Waals surface area contributed by atoms with Crippen LogP contribution >= 0.6 is 0 Å². The number of Topliss-reactive ketones (excluding diaryl/α,β-unsaturated/α-hetero) is 1. The first-order chi connectivity index (χ1) is 13.9. The molecule has 0 aliphatic carbocycles. The van der Waals surface area contributed by atoms with Crippen molar-refractivity contribution in [3.05, 3.63) is 0 Å². The van der Waals surface area contributed by atoms with Crippen molar-refractivity contribution in [1.82, 2.24) is 10.2 Å². The van der Waals surface area contributed by atoms with Gasteiger partial charge < -0.3 is 14.8 Å². The van der Waals surface area contributed by atoms with Crippen LogP contribution in [0.2, 0.25) is 0 Å². The second-order valence-electron chi connectivity index (χ2n) is 5.46. The van der Waals surface area contributed by atoms with Crippen molar-refractivity contribution in [2.45, 2.75) is 68.2 Å². The van der Waals surface area contributed by atoms with Crippen molar-refractivity contribution in [1.29, 1.82) is 0 Å². The molecule has 0 radical (unpaired) electrons. The minimum atomic E-state index is -0.288. The van der Waals surface area contributed by atoms with Crippen molar-refractivity contribution in [3.63, 3.8) is 0 Å². The largest absolute Gasteiger partial charge is 0.377 e. The summed E-state index contributed by atoms with van der Waals surface area (Å²) in [6.45, 7) is 16.7. The van der Waals surface area contributed by atoms with E-state index in [1.54, 1.807) is 6.92 Å². The summed E-state index contributed by atoms with van der Waals surface area (Å²) in [5, 5.41) is 2.65. The van der Waals surface area contributed by atoms with Crippen LogP contribution in [0.1, 0.15) is 68.2 Å². The lowest BCUT2D eigenvalue weighted by Gasteiger charge is -2.14. The van der Waals surface area contributed by atoms with E-state index >= 15 is 0 Å².